The highest BCUT2D eigenvalue weighted by Crippen LogP contribution is 2.31. The maximum absolute atomic E-state index is 11.4. The molecule has 1 saturated carbocycles. The molecule has 0 radical (unpaired) electrons. The van der Waals surface area contributed by atoms with Gasteiger partial charge in [0.25, 0.3) is 0 Å². The van der Waals surface area contributed by atoms with Crippen molar-refractivity contribution in [3.8, 4) is 0 Å². The quantitative estimate of drug-likeness (QED) is 0.605. The minimum absolute atomic E-state index is 0.112. The van der Waals surface area contributed by atoms with Gasteiger partial charge in [-0.15, -0.1) is 5.10 Å². The molecule has 1 aromatic heterocycles. The van der Waals surface area contributed by atoms with E-state index in [-0.39, 0.29) is 11.8 Å². The second-order valence-electron chi connectivity index (χ2n) is 5.75. The van der Waals surface area contributed by atoms with Crippen molar-refractivity contribution in [3.63, 3.8) is 0 Å². The van der Waals surface area contributed by atoms with Gasteiger partial charge in [0, 0.05) is 18.3 Å². The van der Waals surface area contributed by atoms with Crippen molar-refractivity contribution < 1.29 is 8.42 Å². The maximum Gasteiger partial charge on any atom is 0.209 e. The molecule has 1 saturated heterocycles. The first-order chi connectivity index (χ1) is 10.1. The summed E-state index contributed by atoms with van der Waals surface area (Å²) in [5.74, 6) is 1.44. The SMILES string of the molecule is O=S1(=O)CCC(NCCSc2nnnn2C2CCCC2)C1. The molecule has 1 aliphatic heterocycles. The Morgan fingerprint density at radius 1 is 1.29 bits per heavy atom. The van der Waals surface area contributed by atoms with Gasteiger partial charge >= 0.3 is 0 Å². The van der Waals surface area contributed by atoms with Crippen molar-refractivity contribution in [2.24, 2.45) is 0 Å². The second kappa shape index (κ2) is 6.62. The molecular formula is C12H21N5O2S2. The van der Waals surface area contributed by atoms with E-state index in [1.54, 1.807) is 11.8 Å². The topological polar surface area (TPSA) is 89.8 Å². The second-order valence-corrected chi connectivity index (χ2v) is 9.04. The third-order valence-electron chi connectivity index (χ3n) is 4.13. The minimum Gasteiger partial charge on any atom is -0.312 e. The van der Waals surface area contributed by atoms with E-state index in [0.29, 0.717) is 11.8 Å². The Bertz CT molecular complexity index is 568. The summed E-state index contributed by atoms with van der Waals surface area (Å²) in [6.45, 7) is 0.780. The zero-order chi connectivity index (χ0) is 14.7. The van der Waals surface area contributed by atoms with Crippen LogP contribution in [0.1, 0.15) is 38.1 Å². The smallest absolute Gasteiger partial charge is 0.209 e. The standard InChI is InChI=1S/C12H21N5O2S2/c18-21(19)8-5-10(9-21)13-6-7-20-12-14-15-16-17(12)11-3-1-2-4-11/h10-11,13H,1-9H2. The van der Waals surface area contributed by atoms with Crippen LogP contribution in [0.15, 0.2) is 5.16 Å². The highest BCUT2D eigenvalue weighted by atomic mass is 32.2. The first-order valence-electron chi connectivity index (χ1n) is 7.48. The molecule has 2 heterocycles. The summed E-state index contributed by atoms with van der Waals surface area (Å²) in [6, 6.07) is 0.567. The Morgan fingerprint density at radius 3 is 2.81 bits per heavy atom. The Hall–Kier alpha value is -0.670. The normalized spacial score (nSPS) is 25.6. The molecule has 2 fully saturated rings. The molecular weight excluding hydrogens is 310 g/mol. The van der Waals surface area contributed by atoms with Gasteiger partial charge < -0.3 is 5.32 Å². The number of sulfone groups is 1. The first kappa shape index (κ1) is 15.2. The predicted octanol–water partition coefficient (Wildman–Crippen LogP) is 0.657. The van der Waals surface area contributed by atoms with Gasteiger partial charge in [0.1, 0.15) is 0 Å². The average Bonchev–Trinajstić information content (AvgIpc) is 3.14. The third-order valence-corrected chi connectivity index (χ3v) is 6.83. The van der Waals surface area contributed by atoms with Crippen LogP contribution in [-0.4, -0.2) is 58.5 Å². The van der Waals surface area contributed by atoms with Gasteiger partial charge in [-0.2, -0.15) is 0 Å². The first-order valence-corrected chi connectivity index (χ1v) is 10.3. The number of nitrogens with zero attached hydrogens (tertiary/aromatic N) is 4. The van der Waals surface area contributed by atoms with Crippen LogP contribution < -0.4 is 5.32 Å². The third kappa shape index (κ3) is 3.95. The molecule has 1 aliphatic carbocycles. The van der Waals surface area contributed by atoms with E-state index in [2.05, 4.69) is 20.8 Å². The lowest BCUT2D eigenvalue weighted by Gasteiger charge is -2.12. The van der Waals surface area contributed by atoms with Crippen LogP contribution in [0.3, 0.4) is 0 Å². The van der Waals surface area contributed by atoms with Crippen LogP contribution in [0, 0.1) is 0 Å². The van der Waals surface area contributed by atoms with Crippen molar-refractivity contribution in [3.05, 3.63) is 0 Å². The van der Waals surface area contributed by atoms with E-state index in [1.807, 2.05) is 4.68 Å². The molecule has 1 aromatic rings. The highest BCUT2D eigenvalue weighted by molar-refractivity contribution is 7.99. The zero-order valence-electron chi connectivity index (χ0n) is 11.9. The fourth-order valence-electron chi connectivity index (χ4n) is 3.02. The predicted molar refractivity (Wildman–Crippen MR) is 81.1 cm³/mol. The summed E-state index contributed by atoms with van der Waals surface area (Å²) < 4.78 is 24.7. The lowest BCUT2D eigenvalue weighted by Crippen LogP contribution is -2.31. The lowest BCUT2D eigenvalue weighted by molar-refractivity contribution is 0.423. The Kier molecular flexibility index (Phi) is 4.80. The number of aromatic nitrogens is 4. The van der Waals surface area contributed by atoms with Gasteiger partial charge in [-0.25, -0.2) is 13.1 Å². The molecule has 0 spiro atoms. The Balaban J connectivity index is 1.43. The molecule has 0 bridgehead atoms. The molecule has 0 amide bonds. The minimum atomic E-state index is -2.80. The Labute approximate surface area is 129 Å². The van der Waals surface area contributed by atoms with Crippen molar-refractivity contribution in [2.75, 3.05) is 23.8 Å². The van der Waals surface area contributed by atoms with Crippen LogP contribution in [0.5, 0.6) is 0 Å². The van der Waals surface area contributed by atoms with E-state index in [4.69, 9.17) is 0 Å². The number of tetrazole rings is 1. The summed E-state index contributed by atoms with van der Waals surface area (Å²) in [6.07, 6.45) is 5.57. The highest BCUT2D eigenvalue weighted by Gasteiger charge is 2.27. The largest absolute Gasteiger partial charge is 0.312 e. The van der Waals surface area contributed by atoms with Gasteiger partial charge in [-0.1, -0.05) is 24.6 Å². The van der Waals surface area contributed by atoms with Gasteiger partial charge in [0.05, 0.1) is 17.5 Å². The summed E-state index contributed by atoms with van der Waals surface area (Å²) in [5, 5.41) is 16.2. The van der Waals surface area contributed by atoms with E-state index in [9.17, 15) is 8.42 Å². The molecule has 9 heteroatoms. The molecule has 7 nitrogen and oxygen atoms in total. The van der Waals surface area contributed by atoms with Crippen LogP contribution in [0.4, 0.5) is 0 Å². The summed E-state index contributed by atoms with van der Waals surface area (Å²) in [4.78, 5) is 0. The van der Waals surface area contributed by atoms with Crippen molar-refractivity contribution in [2.45, 2.75) is 49.3 Å². The maximum atomic E-state index is 11.4. The molecule has 3 rings (SSSR count). The van der Waals surface area contributed by atoms with E-state index in [1.165, 1.54) is 12.8 Å². The van der Waals surface area contributed by atoms with Crippen molar-refractivity contribution in [1.82, 2.24) is 25.5 Å². The fraction of sp³-hybridized carbons (Fsp3) is 0.917. The number of thioether (sulfide) groups is 1. The van der Waals surface area contributed by atoms with Crippen LogP contribution in [0.2, 0.25) is 0 Å². The molecule has 0 aromatic carbocycles. The van der Waals surface area contributed by atoms with E-state index >= 15 is 0 Å². The van der Waals surface area contributed by atoms with Crippen molar-refractivity contribution >= 4 is 21.6 Å². The van der Waals surface area contributed by atoms with Gasteiger partial charge in [-0.3, -0.25) is 0 Å². The molecule has 2 aliphatic rings. The fourth-order valence-corrected chi connectivity index (χ4v) is 5.54. The summed E-state index contributed by atoms with van der Waals surface area (Å²) >= 11 is 1.64. The van der Waals surface area contributed by atoms with E-state index < -0.39 is 9.84 Å². The molecule has 1 atom stereocenters. The molecule has 1 N–H and O–H groups in total. The van der Waals surface area contributed by atoms with Crippen molar-refractivity contribution in [1.29, 1.82) is 0 Å². The van der Waals surface area contributed by atoms with Crippen LogP contribution in [-0.2, 0) is 9.84 Å². The van der Waals surface area contributed by atoms with Gasteiger partial charge in [0.15, 0.2) is 9.84 Å². The molecule has 21 heavy (non-hydrogen) atoms. The van der Waals surface area contributed by atoms with Crippen LogP contribution in [0.25, 0.3) is 0 Å². The summed E-state index contributed by atoms with van der Waals surface area (Å²) in [7, 11) is -2.80. The van der Waals surface area contributed by atoms with Gasteiger partial charge in [-0.05, 0) is 29.7 Å². The Morgan fingerprint density at radius 2 is 2.10 bits per heavy atom. The number of hydrogen-bond donors (Lipinski definition) is 1. The zero-order valence-corrected chi connectivity index (χ0v) is 13.6. The number of hydrogen-bond acceptors (Lipinski definition) is 7. The number of rotatable bonds is 6. The molecule has 118 valence electrons. The summed E-state index contributed by atoms with van der Waals surface area (Å²) in [5.41, 5.74) is 0. The lowest BCUT2D eigenvalue weighted by atomic mass is 10.3. The molecule has 1 unspecified atom stereocenters. The van der Waals surface area contributed by atoms with Gasteiger partial charge in [0.2, 0.25) is 5.16 Å². The van der Waals surface area contributed by atoms with Crippen LogP contribution >= 0.6 is 11.8 Å². The average molecular weight is 331 g/mol. The van der Waals surface area contributed by atoms with E-state index in [0.717, 1.165) is 36.7 Å². The number of nitrogens with one attached hydrogen (secondary N) is 1. The monoisotopic (exact) mass is 331 g/mol.